The highest BCUT2D eigenvalue weighted by Crippen LogP contribution is 2.34. The van der Waals surface area contributed by atoms with Gasteiger partial charge in [-0.15, -0.1) is 0 Å². The molecule has 7 heteroatoms. The van der Waals surface area contributed by atoms with Crippen molar-refractivity contribution in [3.05, 3.63) is 64.1 Å². The number of phenolic OH excluding ortho intramolecular Hbond substituents is 1. The molecule has 1 aliphatic heterocycles. The summed E-state index contributed by atoms with van der Waals surface area (Å²) in [6.45, 7) is 2.08. The molecule has 1 heterocycles. The van der Waals surface area contributed by atoms with Crippen molar-refractivity contribution in [1.82, 2.24) is 4.90 Å². The molecule has 138 valence electrons. The van der Waals surface area contributed by atoms with Crippen molar-refractivity contribution in [1.29, 1.82) is 0 Å². The van der Waals surface area contributed by atoms with Crippen LogP contribution in [0.15, 0.2) is 52.4 Å². The first-order valence-corrected chi connectivity index (χ1v) is 9.12. The monoisotopic (exact) mass is 382 g/mol. The number of carbonyl (C=O) groups is 2. The number of likely N-dealkylation sites (N-methyl/N-ethyl adjacent to an activating group) is 1. The number of phenols is 1. The number of carboxylic acid groups (broad SMARTS) is 1. The van der Waals surface area contributed by atoms with E-state index in [1.165, 1.54) is 34.4 Å². The Kier molecular flexibility index (Phi) is 5.32. The summed E-state index contributed by atoms with van der Waals surface area (Å²) >= 11 is 1.18. The Morgan fingerprint density at radius 3 is 2.56 bits per heavy atom. The topological polar surface area (TPSA) is 90.2 Å². The fraction of sp³-hybridized carbons (Fsp3) is 0.150. The molecule has 0 spiro atoms. The maximum atomic E-state index is 12.5. The lowest BCUT2D eigenvalue weighted by molar-refractivity contribution is -0.121. The van der Waals surface area contributed by atoms with Crippen LogP contribution in [-0.4, -0.2) is 39.2 Å². The van der Waals surface area contributed by atoms with E-state index < -0.39 is 5.97 Å². The van der Waals surface area contributed by atoms with Crippen molar-refractivity contribution < 1.29 is 19.8 Å². The number of aryl methyl sites for hydroxylation is 1. The summed E-state index contributed by atoms with van der Waals surface area (Å²) in [4.78, 5) is 30.1. The average Bonchev–Trinajstić information content (AvgIpc) is 2.91. The summed E-state index contributed by atoms with van der Waals surface area (Å²) < 4.78 is 0. The Hall–Kier alpha value is -3.06. The molecule has 3 rings (SSSR count). The van der Waals surface area contributed by atoms with E-state index in [9.17, 15) is 19.8 Å². The highest BCUT2D eigenvalue weighted by atomic mass is 32.2. The van der Waals surface area contributed by atoms with Crippen LogP contribution in [0.2, 0.25) is 0 Å². The number of rotatable bonds is 4. The standard InChI is InChI=1S/C20H18N2O4S/c1-3-12-4-6-13(7-5-12)10-17-18(24)22(2)20(27-17)21-16-9-8-14(23)11-15(16)19(25)26/h4-11,23H,3H2,1-2H3,(H,25,26)/b17-10-,21-20?. The molecule has 0 atom stereocenters. The number of carbonyl (C=O) groups excluding carboxylic acids is 1. The van der Waals surface area contributed by atoms with Gasteiger partial charge in [0.2, 0.25) is 0 Å². The number of aromatic hydroxyl groups is 1. The molecule has 1 aliphatic rings. The second-order valence-electron chi connectivity index (χ2n) is 5.97. The predicted octanol–water partition coefficient (Wildman–Crippen LogP) is 3.89. The van der Waals surface area contributed by atoms with E-state index in [2.05, 4.69) is 11.9 Å². The molecule has 0 radical (unpaired) electrons. The van der Waals surface area contributed by atoms with Gasteiger partial charge in [-0.2, -0.15) is 0 Å². The van der Waals surface area contributed by atoms with Crippen LogP contribution in [-0.2, 0) is 11.2 Å². The van der Waals surface area contributed by atoms with Crippen molar-refractivity contribution in [2.45, 2.75) is 13.3 Å². The molecule has 0 aromatic heterocycles. The zero-order chi connectivity index (χ0) is 19.6. The molecule has 6 nitrogen and oxygen atoms in total. The molecule has 1 saturated heterocycles. The number of amidine groups is 1. The van der Waals surface area contributed by atoms with Crippen molar-refractivity contribution in [2.75, 3.05) is 7.05 Å². The molecule has 0 saturated carbocycles. The second kappa shape index (κ2) is 7.67. The molecule has 0 bridgehead atoms. The Balaban J connectivity index is 1.93. The third-order valence-electron chi connectivity index (χ3n) is 4.12. The Morgan fingerprint density at radius 2 is 1.93 bits per heavy atom. The summed E-state index contributed by atoms with van der Waals surface area (Å²) in [5.41, 5.74) is 2.18. The van der Waals surface area contributed by atoms with Gasteiger partial charge in [-0.05, 0) is 53.6 Å². The highest BCUT2D eigenvalue weighted by molar-refractivity contribution is 8.18. The highest BCUT2D eigenvalue weighted by Gasteiger charge is 2.30. The van der Waals surface area contributed by atoms with Crippen LogP contribution in [0.5, 0.6) is 5.75 Å². The largest absolute Gasteiger partial charge is 0.508 e. The van der Waals surface area contributed by atoms with Gasteiger partial charge in [0.1, 0.15) is 5.75 Å². The number of carboxylic acids is 1. The molecular formula is C20H18N2O4S. The molecular weight excluding hydrogens is 364 g/mol. The maximum absolute atomic E-state index is 12.5. The summed E-state index contributed by atoms with van der Waals surface area (Å²) in [5, 5.41) is 19.2. The van der Waals surface area contributed by atoms with E-state index in [1.54, 1.807) is 13.1 Å². The zero-order valence-corrected chi connectivity index (χ0v) is 15.7. The molecule has 1 fully saturated rings. The predicted molar refractivity (Wildman–Crippen MR) is 106 cm³/mol. The van der Waals surface area contributed by atoms with Crippen LogP contribution in [0, 0.1) is 0 Å². The van der Waals surface area contributed by atoms with E-state index in [4.69, 9.17) is 0 Å². The quantitative estimate of drug-likeness (QED) is 0.783. The van der Waals surface area contributed by atoms with Gasteiger partial charge in [0.05, 0.1) is 16.2 Å². The van der Waals surface area contributed by atoms with Gasteiger partial charge in [-0.3, -0.25) is 9.69 Å². The van der Waals surface area contributed by atoms with Crippen LogP contribution in [0.1, 0.15) is 28.4 Å². The normalized spacial score (nSPS) is 17.1. The smallest absolute Gasteiger partial charge is 0.338 e. The van der Waals surface area contributed by atoms with Crippen LogP contribution in [0.4, 0.5) is 5.69 Å². The summed E-state index contributed by atoms with van der Waals surface area (Å²) in [6, 6.07) is 11.9. The molecule has 0 aliphatic carbocycles. The second-order valence-corrected chi connectivity index (χ2v) is 6.98. The van der Waals surface area contributed by atoms with Gasteiger partial charge in [0.15, 0.2) is 5.17 Å². The molecule has 27 heavy (non-hydrogen) atoms. The fourth-order valence-electron chi connectivity index (χ4n) is 2.55. The number of amides is 1. The zero-order valence-electron chi connectivity index (χ0n) is 14.8. The number of hydrogen-bond donors (Lipinski definition) is 2. The minimum atomic E-state index is -1.20. The Bertz CT molecular complexity index is 964. The van der Waals surface area contributed by atoms with Crippen LogP contribution in [0.3, 0.4) is 0 Å². The summed E-state index contributed by atoms with van der Waals surface area (Å²) in [6.07, 6.45) is 2.74. The molecule has 1 amide bonds. The van der Waals surface area contributed by atoms with E-state index in [1.807, 2.05) is 24.3 Å². The first-order valence-electron chi connectivity index (χ1n) is 8.30. The van der Waals surface area contributed by atoms with Crippen LogP contribution < -0.4 is 0 Å². The molecule has 2 aromatic rings. The van der Waals surface area contributed by atoms with Crippen LogP contribution >= 0.6 is 11.8 Å². The third-order valence-corrected chi connectivity index (χ3v) is 5.18. The lowest BCUT2D eigenvalue weighted by Gasteiger charge is -2.08. The molecule has 2 N–H and O–H groups in total. The van der Waals surface area contributed by atoms with Gasteiger partial charge in [-0.25, -0.2) is 9.79 Å². The number of benzene rings is 2. The number of thioether (sulfide) groups is 1. The molecule has 2 aromatic carbocycles. The van der Waals surface area contributed by atoms with Crippen molar-refractivity contribution in [3.63, 3.8) is 0 Å². The third kappa shape index (κ3) is 4.03. The fourth-order valence-corrected chi connectivity index (χ4v) is 3.53. The first-order chi connectivity index (χ1) is 12.9. The average molecular weight is 382 g/mol. The number of nitrogens with zero attached hydrogens (tertiary/aromatic N) is 2. The van der Waals surface area contributed by atoms with Gasteiger partial charge >= 0.3 is 5.97 Å². The Labute approximate surface area is 160 Å². The van der Waals surface area contributed by atoms with E-state index in [0.29, 0.717) is 10.1 Å². The number of aliphatic imine (C=N–C) groups is 1. The van der Waals surface area contributed by atoms with Crippen LogP contribution in [0.25, 0.3) is 6.08 Å². The van der Waals surface area contributed by atoms with Gasteiger partial charge in [-0.1, -0.05) is 31.2 Å². The minimum absolute atomic E-state index is 0.128. The maximum Gasteiger partial charge on any atom is 0.338 e. The number of hydrogen-bond acceptors (Lipinski definition) is 5. The SMILES string of the molecule is CCc1ccc(/C=C2\SC(=Nc3ccc(O)cc3C(=O)O)N(C)C2=O)cc1. The number of aromatic carboxylic acids is 1. The molecule has 0 unspecified atom stereocenters. The first kappa shape index (κ1) is 18.7. The van der Waals surface area contributed by atoms with Crippen molar-refractivity contribution >= 4 is 40.6 Å². The van der Waals surface area contributed by atoms with E-state index >= 15 is 0 Å². The summed E-state index contributed by atoms with van der Waals surface area (Å²) in [5.74, 6) is -1.56. The van der Waals surface area contributed by atoms with Gasteiger partial charge < -0.3 is 10.2 Å². The summed E-state index contributed by atoms with van der Waals surface area (Å²) in [7, 11) is 1.59. The van der Waals surface area contributed by atoms with Gasteiger partial charge in [0.25, 0.3) is 5.91 Å². The van der Waals surface area contributed by atoms with Gasteiger partial charge in [0, 0.05) is 7.05 Å². The lowest BCUT2D eigenvalue weighted by Crippen LogP contribution is -2.23. The Morgan fingerprint density at radius 1 is 1.22 bits per heavy atom. The van der Waals surface area contributed by atoms with Crippen molar-refractivity contribution in [2.24, 2.45) is 4.99 Å². The van der Waals surface area contributed by atoms with Crippen molar-refractivity contribution in [3.8, 4) is 5.75 Å². The van der Waals surface area contributed by atoms with E-state index in [0.717, 1.165) is 18.1 Å². The minimum Gasteiger partial charge on any atom is -0.508 e. The lowest BCUT2D eigenvalue weighted by atomic mass is 10.1. The van der Waals surface area contributed by atoms with E-state index in [-0.39, 0.29) is 22.9 Å².